The van der Waals surface area contributed by atoms with Crippen LogP contribution in [0, 0.1) is 144 Å². The molecule has 0 aromatic rings. The van der Waals surface area contributed by atoms with E-state index in [1.165, 1.54) is 175 Å². The van der Waals surface area contributed by atoms with Crippen LogP contribution in [0.4, 0.5) is 0 Å². The Labute approximate surface area is 783 Å². The molecule has 0 bridgehead atoms. The van der Waals surface area contributed by atoms with Crippen LogP contribution < -0.4 is 0 Å². The quantitative estimate of drug-likeness (QED) is 0.0233. The van der Waals surface area contributed by atoms with Gasteiger partial charge in [-0.3, -0.25) is 9.59 Å². The summed E-state index contributed by atoms with van der Waals surface area (Å²) in [5.41, 5.74) is 1.60. The van der Waals surface area contributed by atoms with Crippen molar-refractivity contribution < 1.29 is 71.5 Å². The van der Waals surface area contributed by atoms with E-state index in [0.717, 1.165) is 50.9 Å². The molecule has 12 saturated carbocycles. The third kappa shape index (κ3) is 30.9. The van der Waals surface area contributed by atoms with Gasteiger partial charge in [-0.1, -0.05) is 172 Å². The number of carbonyl (C=O) groups is 4. The third-order valence-electron chi connectivity index (χ3n) is 34.6. The number of hydrogen-bond donors (Lipinski definition) is 4. The van der Waals surface area contributed by atoms with Crippen LogP contribution in [0.15, 0.2) is 12.2 Å². The van der Waals surface area contributed by atoms with Crippen molar-refractivity contribution in [1.82, 2.24) is 0 Å². The molecule has 0 aromatic carbocycles. The van der Waals surface area contributed by atoms with E-state index in [2.05, 4.69) is 162 Å². The Bertz CT molecular complexity index is 3190. The fourth-order valence-corrected chi connectivity index (χ4v) is 33.6. The summed E-state index contributed by atoms with van der Waals surface area (Å²) in [6, 6.07) is 0. The van der Waals surface area contributed by atoms with Crippen molar-refractivity contribution in [3.8, 4) is 0 Å². The summed E-state index contributed by atoms with van der Waals surface area (Å²) >= 11 is 0. The van der Waals surface area contributed by atoms with E-state index in [0.29, 0.717) is 172 Å². The minimum absolute atomic E-state index is 0. The largest absolute Gasteiger partial charge is 0.469 e. The number of aliphatic hydroxyl groups is 4. The Morgan fingerprint density at radius 1 is 0.381 bits per heavy atom. The van der Waals surface area contributed by atoms with Crippen molar-refractivity contribution in [3.63, 3.8) is 0 Å². The highest BCUT2D eigenvalue weighted by atomic mass is 28.4. The molecule has 30 atom stereocenters. The van der Waals surface area contributed by atoms with E-state index in [1.54, 1.807) is 6.08 Å². The molecule has 6 unspecified atom stereocenters. The smallest absolute Gasteiger partial charge is 0.330 e. The summed E-state index contributed by atoms with van der Waals surface area (Å²) in [5, 5.41) is 39.1. The fraction of sp³-hybridized carbons (Fsp3) is 0.944. The topological polar surface area (TPSA) is 214 Å². The number of carbonyl (C=O) groups excluding carboxylic acids is 4. The van der Waals surface area contributed by atoms with Gasteiger partial charge >= 0.3 is 17.9 Å². The zero-order valence-electron chi connectivity index (χ0n) is 82.6. The van der Waals surface area contributed by atoms with E-state index in [1.807, 2.05) is 26.8 Å². The summed E-state index contributed by atoms with van der Waals surface area (Å²) in [7, 11) is -3.02. The molecule has 0 saturated heterocycles. The molecule has 0 aliphatic heterocycles. The lowest BCUT2D eigenvalue weighted by molar-refractivity contribution is -0.155. The van der Waals surface area contributed by atoms with Crippen LogP contribution in [0.3, 0.4) is 0 Å². The van der Waals surface area contributed by atoms with Gasteiger partial charge in [0, 0.05) is 56.0 Å². The molecule has 0 amide bonds. The lowest BCUT2D eigenvalue weighted by Gasteiger charge is -2.47. The minimum Gasteiger partial charge on any atom is -0.469 e. The third-order valence-corrected chi connectivity index (χ3v) is 38.6. The maximum Gasteiger partial charge on any atom is 0.330 e. The molecule has 12 aliphatic rings. The van der Waals surface area contributed by atoms with Gasteiger partial charge in [0.25, 0.3) is 0 Å². The molecule has 0 heterocycles. The standard InChI is InChI=1S/C21H40O3Si.C19H34O3Si.C16H28O3.C16H32O2Si.C16H30O2Si.C13H24O2.6CH4/c1-15(14-23-19(22)20(2,3)4)16-11-12-17-18(24-25(6,7)8)10-9-13-21(16,17)5;1-14(9-12-18(20)21-3)15-10-11-16-17(22-23(4,5)6)8-7-13-19(15,16)2;1-11(6-9-15(18)19-3)12-7-8-13-14(17)5-4-10-16(12,13)2;2*1-12(11-17)13-8-9-14-15(18-19(3,4)5)7-6-10-16(13,14)2;1-9(8-14)10-5-6-11-12(15)4-3-7-13(10,11)2;;;;;;/h15-18H,9-14H2,1-8H3;9,12,14-17H,7-8,10-11,13H2,1-6H3;11-14,17H,4-10H2,1-3H3;12-15,17H,6-11H2,1-5H3;11-15H,6-10H2,1-5H3;9-12,14-15H,3-8H2,1-2H3;6*1H4/t15-,16-,17?,18+,21-;14-,15-,16?,17+,19-;11-,12-,13?,14+,16-;2*12-,13-,14?,15+,16-;9-,10-,11?,12+,13-;;;;;;/m111111....../s1. The first-order chi connectivity index (χ1) is 55.6. The first kappa shape index (κ1) is 122. The summed E-state index contributed by atoms with van der Waals surface area (Å²) in [4.78, 5) is 46.0. The Morgan fingerprint density at radius 3 is 0.937 bits per heavy atom. The molecular weight excluding hydrogens is 1640 g/mol. The molecule has 12 rings (SSSR count). The zero-order chi connectivity index (χ0) is 89.9. The highest BCUT2D eigenvalue weighted by molar-refractivity contribution is 6.70. The van der Waals surface area contributed by atoms with Gasteiger partial charge in [-0.05, 0) is 393 Å². The van der Waals surface area contributed by atoms with Crippen LogP contribution in [0.1, 0.15) is 354 Å². The average Bonchev–Trinajstić information content (AvgIpc) is 1.62. The second kappa shape index (κ2) is 51.0. The Kier molecular flexibility index (Phi) is 49.5. The van der Waals surface area contributed by atoms with E-state index in [4.69, 9.17) is 31.9 Å². The molecule has 15 nitrogen and oxygen atoms in total. The summed E-state index contributed by atoms with van der Waals surface area (Å²) < 4.78 is 41.2. The zero-order valence-corrected chi connectivity index (χ0v) is 86.6. The van der Waals surface area contributed by atoms with Gasteiger partial charge in [-0.25, -0.2) is 4.79 Å². The minimum atomic E-state index is -1.51. The number of esters is 3. The molecule has 12 aliphatic carbocycles. The summed E-state index contributed by atoms with van der Waals surface area (Å²) in [6.07, 6.45) is 44.7. The van der Waals surface area contributed by atoms with E-state index < -0.39 is 38.7 Å². The molecule has 4 N–H and O–H groups in total. The Morgan fingerprint density at radius 2 is 0.651 bits per heavy atom. The molecule has 0 aromatic heterocycles. The maximum atomic E-state index is 12.1. The highest BCUT2D eigenvalue weighted by Crippen LogP contribution is 2.65. The van der Waals surface area contributed by atoms with Crippen LogP contribution >= 0.6 is 0 Å². The van der Waals surface area contributed by atoms with Crippen molar-refractivity contribution in [1.29, 1.82) is 0 Å². The Balaban J connectivity index is 0.000000753. The summed E-state index contributed by atoms with van der Waals surface area (Å²) in [5.74, 6) is 9.54. The van der Waals surface area contributed by atoms with Gasteiger partial charge < -0.3 is 57.1 Å². The number of ether oxygens (including phenoxy) is 3. The number of methoxy groups -OCH3 is 2. The monoisotopic (exact) mass is 1850 g/mol. The van der Waals surface area contributed by atoms with E-state index >= 15 is 0 Å². The first-order valence-electron chi connectivity index (χ1n) is 49.4. The lowest BCUT2D eigenvalue weighted by atomic mass is 9.61. The SMILES string of the molecule is C.C.C.C.C.C.COC(=O)C=C[C@@H](C)[C@H]1CCC2[C@@H](O[Si](C)(C)C)CCC[C@@]21C.COC(=O)CC[C@@H](C)[C@H]1CCC2[C@@H](O)CCC[C@@]21C.C[C@H](C=O)[C@H]1CCC2[C@@H](O[Si](C)(C)C)CCC[C@@]21C.C[C@H](CO)[C@H]1CCC2[C@@H](O)CCC[C@@]21C.C[C@H](CO)[C@H]1CCC2[C@@H](O[Si](C)(C)C)CCC[C@@]21C.C[C@H](COC(=O)C(C)(C)C)[C@H]1CCC2[C@@H](O[Si](C)(C)C)CCC[C@@]21C. The van der Waals surface area contributed by atoms with Crippen molar-refractivity contribution >= 4 is 57.5 Å². The van der Waals surface area contributed by atoms with Crippen LogP contribution in [-0.4, -0.2) is 149 Å². The number of allylic oxidation sites excluding steroid dienone is 1. The predicted molar refractivity (Wildman–Crippen MR) is 542 cm³/mol. The summed E-state index contributed by atoms with van der Waals surface area (Å²) in [6.45, 7) is 62.4. The predicted octanol–water partition coefficient (Wildman–Crippen LogP) is 27.9. The average molecular weight is 1850 g/mol. The van der Waals surface area contributed by atoms with Crippen molar-refractivity contribution in [2.75, 3.05) is 34.0 Å². The van der Waals surface area contributed by atoms with Crippen molar-refractivity contribution in [2.45, 2.75) is 469 Å². The van der Waals surface area contributed by atoms with Gasteiger partial charge in [-0.2, -0.15) is 0 Å². The number of fused-ring (bicyclic) bond motifs is 6. The number of hydrogen-bond acceptors (Lipinski definition) is 15. The number of rotatable bonds is 24. The molecule has 0 radical (unpaired) electrons. The molecule has 126 heavy (non-hydrogen) atoms. The maximum absolute atomic E-state index is 12.1. The van der Waals surface area contributed by atoms with Crippen LogP contribution in [0.5, 0.6) is 0 Å². The Hall–Kier alpha value is -1.63. The molecular formula is C107H212O15Si4. The van der Waals surface area contributed by atoms with Gasteiger partial charge in [0.15, 0.2) is 33.3 Å². The highest BCUT2D eigenvalue weighted by Gasteiger charge is 2.59. The molecule has 0 spiro atoms. The molecule has 19 heteroatoms. The van der Waals surface area contributed by atoms with Gasteiger partial charge in [0.05, 0.1) is 38.4 Å². The van der Waals surface area contributed by atoms with Crippen LogP contribution in [0.25, 0.3) is 0 Å². The van der Waals surface area contributed by atoms with Crippen molar-refractivity contribution in [3.05, 3.63) is 12.2 Å². The van der Waals surface area contributed by atoms with E-state index in [-0.39, 0.29) is 86.0 Å². The normalized spacial score (nSPS) is 37.4. The van der Waals surface area contributed by atoms with Crippen LogP contribution in [-0.2, 0) is 51.1 Å². The lowest BCUT2D eigenvalue weighted by Crippen LogP contribution is -2.46. The van der Waals surface area contributed by atoms with Crippen molar-refractivity contribution in [2.24, 2.45) is 144 Å². The second-order valence-corrected chi connectivity index (χ2v) is 66.2. The molecule has 12 fully saturated rings. The van der Waals surface area contributed by atoms with E-state index in [9.17, 15) is 39.6 Å². The van der Waals surface area contributed by atoms with Gasteiger partial charge in [0.2, 0.25) is 0 Å². The van der Waals surface area contributed by atoms with Crippen LogP contribution in [0.2, 0.25) is 78.6 Å². The number of aliphatic hydroxyl groups excluding tert-OH is 4. The fourth-order valence-electron chi connectivity index (χ4n) is 28.8. The van der Waals surface area contributed by atoms with Gasteiger partial charge in [0.1, 0.15) is 6.29 Å². The van der Waals surface area contributed by atoms with Gasteiger partial charge in [-0.15, -0.1) is 0 Å². The number of aldehydes is 1. The second-order valence-electron chi connectivity index (χ2n) is 48.3. The molecule has 746 valence electrons. The first-order valence-corrected chi connectivity index (χ1v) is 63.0.